The summed E-state index contributed by atoms with van der Waals surface area (Å²) in [5, 5.41) is 4.80. The molecule has 0 aliphatic rings. The van der Waals surface area contributed by atoms with Gasteiger partial charge in [-0.25, -0.2) is 9.97 Å². The lowest BCUT2D eigenvalue weighted by Gasteiger charge is -2.19. The summed E-state index contributed by atoms with van der Waals surface area (Å²) in [5.74, 6) is 0.701. The minimum Gasteiger partial charge on any atom is -0.228 e. The number of nitrogens with zero attached hydrogens (tertiary/aromatic N) is 2. The summed E-state index contributed by atoms with van der Waals surface area (Å²) in [6.45, 7) is 0. The third kappa shape index (κ3) is 5.43. The lowest BCUT2D eigenvalue weighted by Crippen LogP contribution is -1.97. The molecule has 2 heteroatoms. The molecule has 0 radical (unpaired) electrons. The highest BCUT2D eigenvalue weighted by Gasteiger charge is 2.19. The summed E-state index contributed by atoms with van der Waals surface area (Å²) < 4.78 is 0. The van der Waals surface area contributed by atoms with Crippen LogP contribution in [0.15, 0.2) is 194 Å². The van der Waals surface area contributed by atoms with Crippen molar-refractivity contribution in [1.29, 1.82) is 0 Å². The molecule has 0 aliphatic carbocycles. The summed E-state index contributed by atoms with van der Waals surface area (Å²) in [4.78, 5) is 10.4. The Balaban J connectivity index is 1.36. The monoisotopic (exact) mass is 636 g/mol. The van der Waals surface area contributed by atoms with Crippen LogP contribution in [0.1, 0.15) is 0 Å². The van der Waals surface area contributed by atoms with Crippen molar-refractivity contribution in [2.45, 2.75) is 0 Å². The Morgan fingerprint density at radius 3 is 1.04 bits per heavy atom. The molecular weight excluding hydrogens is 605 g/mol. The van der Waals surface area contributed by atoms with Crippen LogP contribution in [0.25, 0.3) is 88.8 Å². The van der Waals surface area contributed by atoms with Crippen LogP contribution in [0.5, 0.6) is 0 Å². The van der Waals surface area contributed by atoms with Gasteiger partial charge in [0.2, 0.25) is 0 Å². The Morgan fingerprint density at radius 1 is 0.240 bits per heavy atom. The highest BCUT2D eigenvalue weighted by molar-refractivity contribution is 6.22. The van der Waals surface area contributed by atoms with E-state index in [2.05, 4.69) is 182 Å². The van der Waals surface area contributed by atoms with Crippen LogP contribution in [0.3, 0.4) is 0 Å². The lowest BCUT2D eigenvalue weighted by atomic mass is 9.84. The number of aromatic nitrogens is 2. The summed E-state index contributed by atoms with van der Waals surface area (Å²) in [7, 11) is 0. The SMILES string of the molecule is c1ccc(-c2ccc3c(-c4ccccc4)c4cc(-c5nc(-c6ccccc6)cc(-c6ccccc6)n5)ccc4c(-c4ccccc4)c3c2)cc1. The van der Waals surface area contributed by atoms with Crippen molar-refractivity contribution in [2.24, 2.45) is 0 Å². The van der Waals surface area contributed by atoms with Gasteiger partial charge in [0, 0.05) is 16.7 Å². The van der Waals surface area contributed by atoms with E-state index in [-0.39, 0.29) is 0 Å². The van der Waals surface area contributed by atoms with Gasteiger partial charge in [-0.15, -0.1) is 0 Å². The summed E-state index contributed by atoms with van der Waals surface area (Å²) in [5.41, 5.74) is 12.1. The van der Waals surface area contributed by atoms with Crippen molar-refractivity contribution in [2.75, 3.05) is 0 Å². The molecule has 0 unspecified atom stereocenters. The minimum atomic E-state index is 0.701. The van der Waals surface area contributed by atoms with E-state index in [1.807, 2.05) is 12.1 Å². The van der Waals surface area contributed by atoms with Gasteiger partial charge in [0.05, 0.1) is 11.4 Å². The highest BCUT2D eigenvalue weighted by Crippen LogP contribution is 2.46. The Bertz CT molecular complexity index is 2540. The van der Waals surface area contributed by atoms with Gasteiger partial charge in [-0.05, 0) is 73.1 Å². The van der Waals surface area contributed by atoms with E-state index in [9.17, 15) is 0 Å². The van der Waals surface area contributed by atoms with Gasteiger partial charge in [-0.2, -0.15) is 0 Å². The van der Waals surface area contributed by atoms with Crippen molar-refractivity contribution < 1.29 is 0 Å². The van der Waals surface area contributed by atoms with Crippen molar-refractivity contribution in [3.8, 4) is 67.3 Å². The van der Waals surface area contributed by atoms with Gasteiger partial charge in [0.25, 0.3) is 0 Å². The molecular formula is C48H32N2. The topological polar surface area (TPSA) is 25.8 Å². The predicted octanol–water partition coefficient (Wildman–Crippen LogP) is 12.8. The molecule has 50 heavy (non-hydrogen) atoms. The molecule has 0 N–H and O–H groups in total. The molecule has 0 aliphatic heterocycles. The second-order valence-electron chi connectivity index (χ2n) is 12.6. The minimum absolute atomic E-state index is 0.701. The second kappa shape index (κ2) is 12.8. The number of fused-ring (bicyclic) bond motifs is 2. The van der Waals surface area contributed by atoms with Crippen LogP contribution in [0.2, 0.25) is 0 Å². The molecule has 0 fully saturated rings. The molecule has 0 saturated carbocycles. The normalized spacial score (nSPS) is 11.2. The van der Waals surface area contributed by atoms with Crippen LogP contribution in [0, 0.1) is 0 Å². The quantitative estimate of drug-likeness (QED) is 0.170. The molecule has 0 atom stereocenters. The van der Waals surface area contributed by atoms with Crippen LogP contribution < -0.4 is 0 Å². The Labute approximate surface area is 292 Å². The van der Waals surface area contributed by atoms with E-state index in [4.69, 9.17) is 9.97 Å². The summed E-state index contributed by atoms with van der Waals surface area (Å²) >= 11 is 0. The van der Waals surface area contributed by atoms with Gasteiger partial charge < -0.3 is 0 Å². The van der Waals surface area contributed by atoms with Gasteiger partial charge in [-0.3, -0.25) is 0 Å². The summed E-state index contributed by atoms with van der Waals surface area (Å²) in [6, 6.07) is 68.7. The van der Waals surface area contributed by atoms with Gasteiger partial charge in [0.1, 0.15) is 0 Å². The first-order valence-electron chi connectivity index (χ1n) is 17.0. The van der Waals surface area contributed by atoms with Crippen LogP contribution in [-0.4, -0.2) is 9.97 Å². The average Bonchev–Trinajstić information content (AvgIpc) is 3.21. The van der Waals surface area contributed by atoms with E-state index in [1.165, 1.54) is 54.9 Å². The second-order valence-corrected chi connectivity index (χ2v) is 12.6. The molecule has 0 saturated heterocycles. The first-order chi connectivity index (χ1) is 24.8. The van der Waals surface area contributed by atoms with Crippen LogP contribution in [-0.2, 0) is 0 Å². The number of rotatable bonds is 6. The van der Waals surface area contributed by atoms with E-state index < -0.39 is 0 Å². The maximum absolute atomic E-state index is 5.19. The average molecular weight is 637 g/mol. The Kier molecular flexibility index (Phi) is 7.53. The molecule has 234 valence electrons. The molecule has 8 aromatic carbocycles. The number of hydrogen-bond acceptors (Lipinski definition) is 2. The fraction of sp³-hybridized carbons (Fsp3) is 0. The van der Waals surface area contributed by atoms with Crippen LogP contribution >= 0.6 is 0 Å². The third-order valence-corrected chi connectivity index (χ3v) is 9.47. The highest BCUT2D eigenvalue weighted by atomic mass is 14.9. The predicted molar refractivity (Wildman–Crippen MR) is 210 cm³/mol. The molecule has 1 heterocycles. The van der Waals surface area contributed by atoms with E-state index in [0.29, 0.717) is 5.82 Å². The largest absolute Gasteiger partial charge is 0.228 e. The maximum atomic E-state index is 5.19. The van der Waals surface area contributed by atoms with Crippen LogP contribution in [0.4, 0.5) is 0 Å². The van der Waals surface area contributed by atoms with Gasteiger partial charge in [-0.1, -0.05) is 176 Å². The van der Waals surface area contributed by atoms with Gasteiger partial charge in [0.15, 0.2) is 5.82 Å². The fourth-order valence-electron chi connectivity index (χ4n) is 7.10. The van der Waals surface area contributed by atoms with Crippen molar-refractivity contribution in [1.82, 2.24) is 9.97 Å². The lowest BCUT2D eigenvalue weighted by molar-refractivity contribution is 1.18. The molecule has 0 spiro atoms. The summed E-state index contributed by atoms with van der Waals surface area (Å²) in [6.07, 6.45) is 0. The number of benzene rings is 8. The van der Waals surface area contributed by atoms with Crippen molar-refractivity contribution in [3.63, 3.8) is 0 Å². The molecule has 2 nitrogen and oxygen atoms in total. The molecule has 9 rings (SSSR count). The molecule has 0 amide bonds. The number of hydrogen-bond donors (Lipinski definition) is 0. The smallest absolute Gasteiger partial charge is 0.160 e. The third-order valence-electron chi connectivity index (χ3n) is 9.47. The van der Waals surface area contributed by atoms with Crippen molar-refractivity contribution >= 4 is 21.5 Å². The zero-order chi connectivity index (χ0) is 33.3. The van der Waals surface area contributed by atoms with Crippen molar-refractivity contribution in [3.05, 3.63) is 194 Å². The molecule has 1 aromatic heterocycles. The van der Waals surface area contributed by atoms with E-state index >= 15 is 0 Å². The first kappa shape index (κ1) is 29.5. The molecule has 0 bridgehead atoms. The van der Waals surface area contributed by atoms with E-state index in [0.717, 1.165) is 28.1 Å². The zero-order valence-corrected chi connectivity index (χ0v) is 27.4. The fourth-order valence-corrected chi connectivity index (χ4v) is 7.10. The zero-order valence-electron chi connectivity index (χ0n) is 27.4. The maximum Gasteiger partial charge on any atom is 0.160 e. The Hall–Kier alpha value is -6.64. The standard InChI is InChI=1S/C48H32N2/c1-6-16-33(17-7-1)38-26-28-40-42(30-38)46(36-22-12-4-13-23-36)41-29-27-39(31-43(41)47(40)37-24-14-5-15-25-37)48-49-44(34-18-8-2-9-19-34)32-45(50-48)35-20-10-3-11-21-35/h1-32H. The van der Waals surface area contributed by atoms with Gasteiger partial charge >= 0.3 is 0 Å². The molecule has 9 aromatic rings. The first-order valence-corrected chi connectivity index (χ1v) is 17.0. The van der Waals surface area contributed by atoms with E-state index in [1.54, 1.807) is 0 Å². The Morgan fingerprint density at radius 2 is 0.600 bits per heavy atom.